The maximum Gasteiger partial charge on any atom is 0.287 e. The number of amides is 1. The van der Waals surface area contributed by atoms with Crippen LogP contribution < -0.4 is 5.32 Å². The molecule has 0 bridgehead atoms. The molecule has 0 aliphatic carbocycles. The van der Waals surface area contributed by atoms with Crippen molar-refractivity contribution in [2.45, 2.75) is 6.92 Å². The molecule has 1 aromatic heterocycles. The molecule has 0 atom stereocenters. The van der Waals surface area contributed by atoms with Gasteiger partial charge in [0.15, 0.2) is 5.76 Å². The van der Waals surface area contributed by atoms with E-state index in [4.69, 9.17) is 4.42 Å². The third-order valence-corrected chi connectivity index (χ3v) is 1.99. The van der Waals surface area contributed by atoms with E-state index < -0.39 is 0 Å². The molecule has 0 saturated heterocycles. The maximum atomic E-state index is 11.3. The SMILES string of the molecule is Cc1ccoc1C(=O)NCCI. The Labute approximate surface area is 84.7 Å². The Balaban J connectivity index is 2.59. The predicted molar refractivity (Wildman–Crippen MR) is 54.7 cm³/mol. The normalized spacial score (nSPS) is 9.83. The Kier molecular flexibility index (Phi) is 3.58. The standard InChI is InChI=1S/C8H10INO2/c1-6-2-5-12-7(6)8(11)10-4-3-9/h2,5H,3-4H2,1H3,(H,10,11). The lowest BCUT2D eigenvalue weighted by molar-refractivity contribution is 0.0928. The van der Waals surface area contributed by atoms with Crippen molar-refractivity contribution in [1.82, 2.24) is 5.32 Å². The van der Waals surface area contributed by atoms with E-state index in [9.17, 15) is 4.79 Å². The van der Waals surface area contributed by atoms with Crippen LogP contribution in [0.5, 0.6) is 0 Å². The minimum Gasteiger partial charge on any atom is -0.459 e. The Morgan fingerprint density at radius 1 is 1.75 bits per heavy atom. The number of nitrogens with one attached hydrogen (secondary N) is 1. The van der Waals surface area contributed by atoms with E-state index in [1.54, 1.807) is 6.07 Å². The highest BCUT2D eigenvalue weighted by atomic mass is 127. The van der Waals surface area contributed by atoms with Crippen LogP contribution in [0.1, 0.15) is 16.1 Å². The second kappa shape index (κ2) is 4.49. The molecule has 1 N–H and O–H groups in total. The molecule has 12 heavy (non-hydrogen) atoms. The first-order valence-electron chi connectivity index (χ1n) is 3.64. The molecule has 0 unspecified atom stereocenters. The summed E-state index contributed by atoms with van der Waals surface area (Å²) >= 11 is 2.20. The van der Waals surface area contributed by atoms with Gasteiger partial charge in [-0.05, 0) is 13.0 Å². The molecule has 0 saturated carbocycles. The van der Waals surface area contributed by atoms with Gasteiger partial charge in [-0.3, -0.25) is 4.79 Å². The average Bonchev–Trinajstić information content (AvgIpc) is 2.47. The highest BCUT2D eigenvalue weighted by Gasteiger charge is 2.10. The fraction of sp³-hybridized carbons (Fsp3) is 0.375. The average molecular weight is 279 g/mol. The summed E-state index contributed by atoms with van der Waals surface area (Å²) in [6.45, 7) is 2.53. The summed E-state index contributed by atoms with van der Waals surface area (Å²) in [6, 6.07) is 1.78. The van der Waals surface area contributed by atoms with Gasteiger partial charge in [-0.25, -0.2) is 0 Å². The van der Waals surface area contributed by atoms with E-state index in [0.717, 1.165) is 9.99 Å². The summed E-state index contributed by atoms with van der Waals surface area (Å²) < 4.78 is 5.91. The maximum absolute atomic E-state index is 11.3. The molecule has 3 nitrogen and oxygen atoms in total. The Morgan fingerprint density at radius 2 is 2.50 bits per heavy atom. The smallest absolute Gasteiger partial charge is 0.287 e. The molecule has 0 aromatic carbocycles. The monoisotopic (exact) mass is 279 g/mol. The number of rotatable bonds is 3. The van der Waals surface area contributed by atoms with Gasteiger partial charge in [-0.15, -0.1) is 0 Å². The number of aryl methyl sites for hydroxylation is 1. The molecule has 0 spiro atoms. The summed E-state index contributed by atoms with van der Waals surface area (Å²) in [6.07, 6.45) is 1.52. The van der Waals surface area contributed by atoms with Gasteiger partial charge in [0.1, 0.15) is 0 Å². The van der Waals surface area contributed by atoms with Crippen molar-refractivity contribution < 1.29 is 9.21 Å². The Bertz CT molecular complexity index is 270. The number of halogens is 1. The van der Waals surface area contributed by atoms with Crippen LogP contribution in [0.4, 0.5) is 0 Å². The molecule has 0 fully saturated rings. The second-order valence-electron chi connectivity index (χ2n) is 2.38. The highest BCUT2D eigenvalue weighted by molar-refractivity contribution is 14.1. The van der Waals surface area contributed by atoms with Crippen LogP contribution in [0.3, 0.4) is 0 Å². The molecule has 1 heterocycles. The first-order valence-corrected chi connectivity index (χ1v) is 5.16. The van der Waals surface area contributed by atoms with E-state index in [1.807, 2.05) is 6.92 Å². The van der Waals surface area contributed by atoms with Crippen LogP contribution in [0.25, 0.3) is 0 Å². The number of hydrogen-bond acceptors (Lipinski definition) is 2. The number of alkyl halides is 1. The topological polar surface area (TPSA) is 42.2 Å². The number of hydrogen-bond donors (Lipinski definition) is 1. The van der Waals surface area contributed by atoms with Gasteiger partial charge < -0.3 is 9.73 Å². The fourth-order valence-electron chi connectivity index (χ4n) is 0.846. The number of carbonyl (C=O) groups excluding carboxylic acids is 1. The van der Waals surface area contributed by atoms with Gasteiger partial charge in [-0.2, -0.15) is 0 Å². The van der Waals surface area contributed by atoms with E-state index in [-0.39, 0.29) is 5.91 Å². The minimum absolute atomic E-state index is 0.130. The van der Waals surface area contributed by atoms with Crippen LogP contribution in [0.2, 0.25) is 0 Å². The zero-order valence-electron chi connectivity index (χ0n) is 6.76. The lowest BCUT2D eigenvalue weighted by atomic mass is 10.3. The summed E-state index contributed by atoms with van der Waals surface area (Å²) in [5, 5.41) is 2.74. The van der Waals surface area contributed by atoms with Crippen molar-refractivity contribution >= 4 is 28.5 Å². The van der Waals surface area contributed by atoms with Crippen LogP contribution in [-0.2, 0) is 0 Å². The van der Waals surface area contributed by atoms with Crippen LogP contribution in [0.15, 0.2) is 16.7 Å². The molecule has 1 aromatic rings. The lowest BCUT2D eigenvalue weighted by Crippen LogP contribution is -2.25. The summed E-state index contributed by atoms with van der Waals surface area (Å²) in [4.78, 5) is 11.3. The Morgan fingerprint density at radius 3 is 3.00 bits per heavy atom. The van der Waals surface area contributed by atoms with Crippen LogP contribution in [-0.4, -0.2) is 16.9 Å². The van der Waals surface area contributed by atoms with Crippen molar-refractivity contribution in [3.8, 4) is 0 Å². The molecule has 0 aliphatic rings. The summed E-state index contributed by atoms with van der Waals surface area (Å²) in [5.41, 5.74) is 0.876. The van der Waals surface area contributed by atoms with Crippen molar-refractivity contribution in [1.29, 1.82) is 0 Å². The van der Waals surface area contributed by atoms with Crippen LogP contribution >= 0.6 is 22.6 Å². The summed E-state index contributed by atoms with van der Waals surface area (Å²) in [5.74, 6) is 0.286. The lowest BCUT2D eigenvalue weighted by Gasteiger charge is -1.99. The van der Waals surface area contributed by atoms with E-state index in [0.29, 0.717) is 12.3 Å². The van der Waals surface area contributed by atoms with Crippen molar-refractivity contribution in [3.63, 3.8) is 0 Å². The molecule has 66 valence electrons. The van der Waals surface area contributed by atoms with Gasteiger partial charge in [0.25, 0.3) is 5.91 Å². The molecular formula is C8H10INO2. The minimum atomic E-state index is -0.130. The number of furan rings is 1. The first kappa shape index (κ1) is 9.57. The van der Waals surface area contributed by atoms with E-state index >= 15 is 0 Å². The van der Waals surface area contributed by atoms with Crippen molar-refractivity contribution in [2.75, 3.05) is 11.0 Å². The number of carbonyl (C=O) groups is 1. The van der Waals surface area contributed by atoms with Gasteiger partial charge in [-0.1, -0.05) is 22.6 Å². The van der Waals surface area contributed by atoms with E-state index in [1.165, 1.54) is 6.26 Å². The van der Waals surface area contributed by atoms with Crippen LogP contribution in [0, 0.1) is 6.92 Å². The van der Waals surface area contributed by atoms with E-state index in [2.05, 4.69) is 27.9 Å². The van der Waals surface area contributed by atoms with Gasteiger partial charge in [0.2, 0.25) is 0 Å². The molecular weight excluding hydrogens is 269 g/mol. The summed E-state index contributed by atoms with van der Waals surface area (Å²) in [7, 11) is 0. The molecule has 1 rings (SSSR count). The molecule has 1 amide bonds. The zero-order chi connectivity index (χ0) is 8.97. The first-order chi connectivity index (χ1) is 5.75. The third-order valence-electron chi connectivity index (χ3n) is 1.45. The Hall–Kier alpha value is -0.520. The second-order valence-corrected chi connectivity index (χ2v) is 3.46. The van der Waals surface area contributed by atoms with Gasteiger partial charge in [0.05, 0.1) is 6.26 Å². The van der Waals surface area contributed by atoms with Crippen molar-refractivity contribution in [3.05, 3.63) is 23.7 Å². The van der Waals surface area contributed by atoms with Crippen molar-refractivity contribution in [2.24, 2.45) is 0 Å². The third kappa shape index (κ3) is 2.23. The molecule has 4 heteroatoms. The predicted octanol–water partition coefficient (Wildman–Crippen LogP) is 1.75. The highest BCUT2D eigenvalue weighted by Crippen LogP contribution is 2.07. The zero-order valence-corrected chi connectivity index (χ0v) is 8.92. The largest absolute Gasteiger partial charge is 0.459 e. The molecule has 0 radical (unpaired) electrons. The molecule has 0 aliphatic heterocycles. The quantitative estimate of drug-likeness (QED) is 0.676. The van der Waals surface area contributed by atoms with Gasteiger partial charge in [0, 0.05) is 16.5 Å². The fourth-order valence-corrected chi connectivity index (χ4v) is 1.12. The van der Waals surface area contributed by atoms with Gasteiger partial charge >= 0.3 is 0 Å².